The lowest BCUT2D eigenvalue weighted by atomic mass is 10.1. The molecule has 1 aliphatic rings. The van der Waals surface area contributed by atoms with Crippen molar-refractivity contribution >= 4 is 43.6 Å². The molecule has 0 aliphatic carbocycles. The molecule has 3 amide bonds. The van der Waals surface area contributed by atoms with Crippen LogP contribution in [-0.4, -0.2) is 55.7 Å². The Morgan fingerprint density at radius 2 is 1.64 bits per heavy atom. The van der Waals surface area contributed by atoms with E-state index in [-0.39, 0.29) is 23.9 Å². The molecule has 3 rings (SSSR count). The number of hydrogen-bond donors (Lipinski definition) is 2. The molecule has 3 N–H and O–H groups in total. The number of nitrogens with one attached hydrogen (secondary N) is 1. The molecular weight excluding hydrogens is 448 g/mol. The monoisotopic (exact) mass is 466 g/mol. The Kier molecular flexibility index (Phi) is 6.01. The summed E-state index contributed by atoms with van der Waals surface area (Å²) in [5.74, 6) is -0.190. The lowest BCUT2D eigenvalue weighted by molar-refractivity contribution is 0.0698. The Labute approximate surface area is 171 Å². The average Bonchev–Trinajstić information content (AvgIpc) is 2.68. The Hall–Kier alpha value is -2.43. The summed E-state index contributed by atoms with van der Waals surface area (Å²) >= 11 is 3.29. The van der Waals surface area contributed by atoms with Gasteiger partial charge >= 0.3 is 6.03 Å². The topological polar surface area (TPSA) is 113 Å². The summed E-state index contributed by atoms with van der Waals surface area (Å²) in [4.78, 5) is 25.3. The Balaban J connectivity index is 1.64. The summed E-state index contributed by atoms with van der Waals surface area (Å²) in [7, 11) is -3.60. The van der Waals surface area contributed by atoms with Crippen molar-refractivity contribution in [1.82, 2.24) is 9.21 Å². The van der Waals surface area contributed by atoms with E-state index in [1.54, 1.807) is 53.4 Å². The van der Waals surface area contributed by atoms with Crippen molar-refractivity contribution in [1.29, 1.82) is 0 Å². The smallest absolute Gasteiger partial charge is 0.316 e. The zero-order valence-corrected chi connectivity index (χ0v) is 17.2. The van der Waals surface area contributed by atoms with E-state index in [0.717, 1.165) is 0 Å². The third-order valence-electron chi connectivity index (χ3n) is 4.36. The van der Waals surface area contributed by atoms with E-state index in [2.05, 4.69) is 21.2 Å². The number of hydrogen-bond acceptors (Lipinski definition) is 4. The number of carbonyl (C=O) groups is 2. The third kappa shape index (κ3) is 4.51. The van der Waals surface area contributed by atoms with Gasteiger partial charge in [0.2, 0.25) is 10.0 Å². The van der Waals surface area contributed by atoms with Gasteiger partial charge in [-0.15, -0.1) is 0 Å². The number of sulfonamides is 1. The number of urea groups is 1. The molecule has 8 nitrogen and oxygen atoms in total. The molecule has 148 valence electrons. The van der Waals surface area contributed by atoms with Crippen LogP contribution >= 0.6 is 15.9 Å². The SMILES string of the molecule is NC(=O)Nc1ccc(C(=O)N2CCN(S(=O)(=O)c3cccc(Br)c3)CC2)cc1. The van der Waals surface area contributed by atoms with E-state index in [1.807, 2.05) is 0 Å². The molecule has 0 atom stereocenters. The molecule has 0 bridgehead atoms. The number of benzene rings is 2. The van der Waals surface area contributed by atoms with Gasteiger partial charge in [0.05, 0.1) is 4.90 Å². The molecule has 0 unspecified atom stereocenters. The van der Waals surface area contributed by atoms with Crippen molar-refractivity contribution in [3.63, 3.8) is 0 Å². The van der Waals surface area contributed by atoms with Crippen LogP contribution in [0, 0.1) is 0 Å². The first-order chi connectivity index (χ1) is 13.3. The highest BCUT2D eigenvalue weighted by atomic mass is 79.9. The highest BCUT2D eigenvalue weighted by molar-refractivity contribution is 9.10. The van der Waals surface area contributed by atoms with Crippen LogP contribution < -0.4 is 11.1 Å². The van der Waals surface area contributed by atoms with Gasteiger partial charge in [0.15, 0.2) is 0 Å². The average molecular weight is 467 g/mol. The molecule has 0 spiro atoms. The van der Waals surface area contributed by atoms with Crippen LogP contribution in [0.2, 0.25) is 0 Å². The van der Waals surface area contributed by atoms with Gasteiger partial charge in [0.25, 0.3) is 5.91 Å². The number of primary amides is 1. The molecule has 0 radical (unpaired) electrons. The van der Waals surface area contributed by atoms with Crippen molar-refractivity contribution < 1.29 is 18.0 Å². The van der Waals surface area contributed by atoms with Crippen LogP contribution in [0.4, 0.5) is 10.5 Å². The van der Waals surface area contributed by atoms with Crippen molar-refractivity contribution in [3.05, 3.63) is 58.6 Å². The summed E-state index contributed by atoms with van der Waals surface area (Å²) in [6.45, 7) is 1.05. The fourth-order valence-corrected chi connectivity index (χ4v) is 4.95. The number of rotatable bonds is 4. The number of nitrogens with zero attached hydrogens (tertiary/aromatic N) is 2. The van der Waals surface area contributed by atoms with Gasteiger partial charge in [-0.3, -0.25) is 4.79 Å². The number of carbonyl (C=O) groups excluding carboxylic acids is 2. The van der Waals surface area contributed by atoms with Gasteiger partial charge in [0, 0.05) is 41.9 Å². The number of halogens is 1. The first kappa shape index (κ1) is 20.3. The van der Waals surface area contributed by atoms with Crippen LogP contribution in [0.5, 0.6) is 0 Å². The lowest BCUT2D eigenvalue weighted by Gasteiger charge is -2.34. The summed E-state index contributed by atoms with van der Waals surface area (Å²) in [5.41, 5.74) is 6.01. The van der Waals surface area contributed by atoms with Gasteiger partial charge in [-0.25, -0.2) is 13.2 Å². The molecule has 0 saturated carbocycles. The summed E-state index contributed by atoms with van der Waals surface area (Å²) in [6, 6.07) is 12.2. The predicted molar refractivity (Wildman–Crippen MR) is 108 cm³/mol. The van der Waals surface area contributed by atoms with Gasteiger partial charge < -0.3 is 16.0 Å². The second-order valence-corrected chi connectivity index (χ2v) is 9.07. The highest BCUT2D eigenvalue weighted by Gasteiger charge is 2.30. The van der Waals surface area contributed by atoms with Crippen molar-refractivity contribution in [2.24, 2.45) is 5.73 Å². The minimum atomic E-state index is -3.60. The van der Waals surface area contributed by atoms with E-state index >= 15 is 0 Å². The van der Waals surface area contributed by atoms with Crippen molar-refractivity contribution in [3.8, 4) is 0 Å². The largest absolute Gasteiger partial charge is 0.351 e. The second-order valence-electron chi connectivity index (χ2n) is 6.22. The first-order valence-corrected chi connectivity index (χ1v) is 10.7. The molecular formula is C18H19BrN4O4S. The van der Waals surface area contributed by atoms with Gasteiger partial charge in [-0.05, 0) is 42.5 Å². The standard InChI is InChI=1S/C18H19BrN4O4S/c19-14-2-1-3-16(12-14)28(26,27)23-10-8-22(9-11-23)17(24)13-4-6-15(7-5-13)21-18(20)25/h1-7,12H,8-11H2,(H3,20,21,25). The zero-order valence-electron chi connectivity index (χ0n) is 14.8. The highest BCUT2D eigenvalue weighted by Crippen LogP contribution is 2.22. The van der Waals surface area contributed by atoms with Crippen molar-refractivity contribution in [2.45, 2.75) is 4.90 Å². The van der Waals surface area contributed by atoms with E-state index in [9.17, 15) is 18.0 Å². The minimum absolute atomic E-state index is 0.190. The van der Waals surface area contributed by atoms with E-state index in [4.69, 9.17) is 5.73 Å². The fraction of sp³-hybridized carbons (Fsp3) is 0.222. The van der Waals surface area contributed by atoms with E-state index < -0.39 is 16.1 Å². The van der Waals surface area contributed by atoms with E-state index in [1.165, 1.54) is 4.31 Å². The molecule has 1 aliphatic heterocycles. The van der Waals surface area contributed by atoms with Gasteiger partial charge in [-0.1, -0.05) is 22.0 Å². The van der Waals surface area contributed by atoms with Crippen LogP contribution in [0.25, 0.3) is 0 Å². The van der Waals surface area contributed by atoms with Crippen LogP contribution in [0.15, 0.2) is 57.9 Å². The summed E-state index contributed by atoms with van der Waals surface area (Å²) < 4.78 is 27.6. The molecule has 2 aromatic carbocycles. The maximum absolute atomic E-state index is 12.8. The number of piperazine rings is 1. The lowest BCUT2D eigenvalue weighted by Crippen LogP contribution is -2.50. The Morgan fingerprint density at radius 1 is 1.00 bits per heavy atom. The minimum Gasteiger partial charge on any atom is -0.351 e. The Morgan fingerprint density at radius 3 is 2.21 bits per heavy atom. The van der Waals surface area contributed by atoms with Crippen molar-refractivity contribution in [2.75, 3.05) is 31.5 Å². The normalized spacial score (nSPS) is 15.2. The molecule has 1 heterocycles. The Bertz CT molecular complexity index is 987. The molecule has 1 saturated heterocycles. The zero-order chi connectivity index (χ0) is 20.3. The maximum Gasteiger partial charge on any atom is 0.316 e. The fourth-order valence-electron chi connectivity index (χ4n) is 2.93. The van der Waals surface area contributed by atoms with Crippen LogP contribution in [0.1, 0.15) is 10.4 Å². The second kappa shape index (κ2) is 8.29. The molecule has 1 fully saturated rings. The number of anilines is 1. The quantitative estimate of drug-likeness (QED) is 0.717. The van der Waals surface area contributed by atoms with Gasteiger partial charge in [-0.2, -0.15) is 4.31 Å². The van der Waals surface area contributed by atoms with Crippen LogP contribution in [-0.2, 0) is 10.0 Å². The van der Waals surface area contributed by atoms with E-state index in [0.29, 0.717) is 28.8 Å². The predicted octanol–water partition coefficient (Wildman–Crippen LogP) is 2.09. The summed E-state index contributed by atoms with van der Waals surface area (Å²) in [5, 5.41) is 2.43. The molecule has 28 heavy (non-hydrogen) atoms. The van der Waals surface area contributed by atoms with Gasteiger partial charge in [0.1, 0.15) is 0 Å². The molecule has 10 heteroatoms. The maximum atomic E-state index is 12.8. The first-order valence-electron chi connectivity index (χ1n) is 8.49. The molecule has 0 aromatic heterocycles. The number of nitrogens with two attached hydrogens (primary N) is 1. The summed E-state index contributed by atoms with van der Waals surface area (Å²) in [6.07, 6.45) is 0. The number of amides is 3. The molecule has 2 aromatic rings. The van der Waals surface area contributed by atoms with Crippen LogP contribution in [0.3, 0.4) is 0 Å². The third-order valence-corrected chi connectivity index (χ3v) is 6.75.